The van der Waals surface area contributed by atoms with Crippen molar-refractivity contribution >= 4 is 41.3 Å². The molecule has 0 aliphatic rings. The average molecular weight is 429 g/mol. The lowest BCUT2D eigenvalue weighted by atomic mass is 10.1. The zero-order valence-corrected chi connectivity index (χ0v) is 16.1. The van der Waals surface area contributed by atoms with Crippen LogP contribution >= 0.6 is 35.3 Å². The van der Waals surface area contributed by atoms with Crippen LogP contribution in [-0.2, 0) is 12.8 Å². The molecule has 1 heterocycles. The minimum Gasteiger partial charge on any atom is -0.356 e. The minimum absolute atomic E-state index is 0. The Hall–Kier alpha value is -1.08. The summed E-state index contributed by atoms with van der Waals surface area (Å²) < 4.78 is 0. The lowest BCUT2D eigenvalue weighted by molar-refractivity contribution is 0.740. The molecule has 0 amide bonds. The third-order valence-corrected chi connectivity index (χ3v) is 4.18. The molecule has 0 saturated heterocycles. The fourth-order valence-electron chi connectivity index (χ4n) is 2.12. The molecule has 3 nitrogen and oxygen atoms in total. The van der Waals surface area contributed by atoms with Gasteiger partial charge in [-0.15, -0.1) is 35.3 Å². The average Bonchev–Trinajstić information content (AvgIpc) is 3.04. The highest BCUT2D eigenvalue weighted by atomic mass is 127. The summed E-state index contributed by atoms with van der Waals surface area (Å²) in [6, 6.07) is 14.9. The van der Waals surface area contributed by atoms with Crippen LogP contribution in [0.5, 0.6) is 0 Å². The molecule has 0 unspecified atom stereocenters. The summed E-state index contributed by atoms with van der Waals surface area (Å²) in [7, 11) is 1.82. The highest BCUT2D eigenvalue weighted by Crippen LogP contribution is 2.08. The molecule has 120 valence electrons. The van der Waals surface area contributed by atoms with E-state index in [0.717, 1.165) is 38.3 Å². The van der Waals surface area contributed by atoms with Gasteiger partial charge in [0.05, 0.1) is 0 Å². The Morgan fingerprint density at radius 3 is 2.45 bits per heavy atom. The molecule has 0 fully saturated rings. The van der Waals surface area contributed by atoms with E-state index in [1.54, 1.807) is 11.3 Å². The number of hydrogen-bond donors (Lipinski definition) is 2. The first-order valence-electron chi connectivity index (χ1n) is 7.39. The van der Waals surface area contributed by atoms with E-state index in [1.165, 1.54) is 10.4 Å². The molecule has 22 heavy (non-hydrogen) atoms. The number of halogens is 1. The van der Waals surface area contributed by atoms with Crippen molar-refractivity contribution in [1.82, 2.24) is 10.6 Å². The third-order valence-electron chi connectivity index (χ3n) is 3.25. The molecule has 2 aromatic rings. The van der Waals surface area contributed by atoms with Gasteiger partial charge >= 0.3 is 0 Å². The quantitative estimate of drug-likeness (QED) is 0.305. The molecule has 0 saturated carbocycles. The number of aryl methyl sites for hydroxylation is 1. The van der Waals surface area contributed by atoms with Crippen LogP contribution in [0.15, 0.2) is 52.8 Å². The Morgan fingerprint density at radius 2 is 1.77 bits per heavy atom. The van der Waals surface area contributed by atoms with Crippen LogP contribution in [0.3, 0.4) is 0 Å². The number of nitrogens with zero attached hydrogens (tertiary/aromatic N) is 1. The summed E-state index contributed by atoms with van der Waals surface area (Å²) in [6.45, 7) is 1.85. The zero-order chi connectivity index (χ0) is 14.8. The predicted octanol–water partition coefficient (Wildman–Crippen LogP) is 3.71. The van der Waals surface area contributed by atoms with Crippen LogP contribution in [0, 0.1) is 0 Å². The third kappa shape index (κ3) is 7.26. The maximum atomic E-state index is 4.25. The largest absolute Gasteiger partial charge is 0.356 e. The monoisotopic (exact) mass is 429 g/mol. The van der Waals surface area contributed by atoms with E-state index in [1.807, 2.05) is 7.05 Å². The van der Waals surface area contributed by atoms with Crippen LogP contribution in [0.4, 0.5) is 0 Å². The molecule has 0 bridgehead atoms. The Labute approximate surface area is 154 Å². The molecule has 2 N–H and O–H groups in total. The number of hydrogen-bond acceptors (Lipinski definition) is 2. The second-order valence-electron chi connectivity index (χ2n) is 4.84. The standard InChI is InChI=1S/C17H23N3S.HI/c1-18-17(20-13-11-16-10-6-14-21-16)19-12-5-9-15-7-3-2-4-8-15;/h2-4,6-8,10,14H,5,9,11-13H2,1H3,(H2,18,19,20);1H. The van der Waals surface area contributed by atoms with Gasteiger partial charge in [-0.25, -0.2) is 0 Å². The van der Waals surface area contributed by atoms with Crippen molar-refractivity contribution in [2.24, 2.45) is 4.99 Å². The van der Waals surface area contributed by atoms with Crippen molar-refractivity contribution in [2.75, 3.05) is 20.1 Å². The van der Waals surface area contributed by atoms with Gasteiger partial charge < -0.3 is 10.6 Å². The van der Waals surface area contributed by atoms with Gasteiger partial charge in [0.2, 0.25) is 0 Å². The maximum absolute atomic E-state index is 4.25. The predicted molar refractivity (Wildman–Crippen MR) is 108 cm³/mol. The Kier molecular flexibility index (Phi) is 9.90. The number of guanidine groups is 1. The van der Waals surface area contributed by atoms with Crippen molar-refractivity contribution in [3.63, 3.8) is 0 Å². The van der Waals surface area contributed by atoms with Gasteiger partial charge in [0.25, 0.3) is 0 Å². The maximum Gasteiger partial charge on any atom is 0.190 e. The summed E-state index contributed by atoms with van der Waals surface area (Å²) in [5, 5.41) is 8.83. The van der Waals surface area contributed by atoms with Gasteiger partial charge in [0.15, 0.2) is 5.96 Å². The minimum atomic E-state index is 0. The van der Waals surface area contributed by atoms with E-state index in [-0.39, 0.29) is 24.0 Å². The number of aliphatic imine (C=N–C) groups is 1. The summed E-state index contributed by atoms with van der Waals surface area (Å²) in [6.07, 6.45) is 3.25. The van der Waals surface area contributed by atoms with Crippen LogP contribution in [-0.4, -0.2) is 26.1 Å². The van der Waals surface area contributed by atoms with Crippen molar-refractivity contribution in [2.45, 2.75) is 19.3 Å². The Balaban J connectivity index is 0.00000242. The van der Waals surface area contributed by atoms with Crippen LogP contribution < -0.4 is 10.6 Å². The van der Waals surface area contributed by atoms with Crippen molar-refractivity contribution in [1.29, 1.82) is 0 Å². The summed E-state index contributed by atoms with van der Waals surface area (Å²) in [5.41, 5.74) is 1.39. The van der Waals surface area contributed by atoms with Crippen molar-refractivity contribution in [3.8, 4) is 0 Å². The smallest absolute Gasteiger partial charge is 0.190 e. The first-order valence-corrected chi connectivity index (χ1v) is 8.27. The summed E-state index contributed by atoms with van der Waals surface area (Å²) >= 11 is 1.80. The topological polar surface area (TPSA) is 36.4 Å². The van der Waals surface area contributed by atoms with E-state index < -0.39 is 0 Å². The van der Waals surface area contributed by atoms with Gasteiger partial charge in [-0.1, -0.05) is 36.4 Å². The van der Waals surface area contributed by atoms with Gasteiger partial charge in [-0.2, -0.15) is 0 Å². The highest BCUT2D eigenvalue weighted by Gasteiger charge is 1.98. The number of rotatable bonds is 7. The molecular formula is C17H24IN3S. The molecule has 0 atom stereocenters. The van der Waals surface area contributed by atoms with Gasteiger partial charge in [-0.3, -0.25) is 4.99 Å². The number of nitrogens with one attached hydrogen (secondary N) is 2. The molecule has 2 rings (SSSR count). The molecule has 1 aromatic heterocycles. The Morgan fingerprint density at radius 1 is 1.00 bits per heavy atom. The molecule has 1 aromatic carbocycles. The van der Waals surface area contributed by atoms with E-state index in [2.05, 4.69) is 63.5 Å². The van der Waals surface area contributed by atoms with E-state index in [4.69, 9.17) is 0 Å². The van der Waals surface area contributed by atoms with Crippen LogP contribution in [0.25, 0.3) is 0 Å². The van der Waals surface area contributed by atoms with E-state index >= 15 is 0 Å². The highest BCUT2D eigenvalue weighted by molar-refractivity contribution is 14.0. The lowest BCUT2D eigenvalue weighted by Gasteiger charge is -2.11. The first-order chi connectivity index (χ1) is 10.4. The molecule has 0 aliphatic carbocycles. The summed E-state index contributed by atoms with van der Waals surface area (Å²) in [4.78, 5) is 5.65. The second kappa shape index (κ2) is 11.5. The number of thiophene rings is 1. The Bertz CT molecular complexity index is 526. The fourth-order valence-corrected chi connectivity index (χ4v) is 2.83. The van der Waals surface area contributed by atoms with Crippen molar-refractivity contribution < 1.29 is 0 Å². The second-order valence-corrected chi connectivity index (χ2v) is 5.88. The van der Waals surface area contributed by atoms with Gasteiger partial charge in [0, 0.05) is 25.0 Å². The van der Waals surface area contributed by atoms with Crippen LogP contribution in [0.2, 0.25) is 0 Å². The SMILES string of the molecule is CN=C(NCCCc1ccccc1)NCCc1cccs1.I. The molecular weight excluding hydrogens is 405 g/mol. The van der Waals surface area contributed by atoms with Gasteiger partial charge in [0.1, 0.15) is 0 Å². The van der Waals surface area contributed by atoms with Gasteiger partial charge in [-0.05, 0) is 36.3 Å². The first kappa shape index (κ1) is 19.0. The summed E-state index contributed by atoms with van der Waals surface area (Å²) in [5.74, 6) is 0.889. The molecule has 0 radical (unpaired) electrons. The zero-order valence-electron chi connectivity index (χ0n) is 12.9. The lowest BCUT2D eigenvalue weighted by Crippen LogP contribution is -2.38. The van der Waals surface area contributed by atoms with E-state index in [0.29, 0.717) is 0 Å². The molecule has 5 heteroatoms. The van der Waals surface area contributed by atoms with Crippen molar-refractivity contribution in [3.05, 3.63) is 58.3 Å². The molecule has 0 spiro atoms. The normalized spacial score (nSPS) is 10.9. The van der Waals surface area contributed by atoms with E-state index in [9.17, 15) is 0 Å². The van der Waals surface area contributed by atoms with Crippen LogP contribution in [0.1, 0.15) is 16.9 Å². The molecule has 0 aliphatic heterocycles. The fraction of sp³-hybridized carbons (Fsp3) is 0.353. The number of benzene rings is 1.